The van der Waals surface area contributed by atoms with Crippen molar-refractivity contribution in [3.05, 3.63) is 11.7 Å². The summed E-state index contributed by atoms with van der Waals surface area (Å²) in [5, 5.41) is 3.93. The van der Waals surface area contributed by atoms with Gasteiger partial charge in [0, 0.05) is 13.7 Å². The van der Waals surface area contributed by atoms with Crippen LogP contribution in [0, 0.1) is 0 Å². The van der Waals surface area contributed by atoms with E-state index in [2.05, 4.69) is 10.1 Å². The van der Waals surface area contributed by atoms with E-state index < -0.39 is 11.1 Å². The van der Waals surface area contributed by atoms with Gasteiger partial charge in [0.25, 0.3) is 5.89 Å². The first-order chi connectivity index (χ1) is 7.98. The molecule has 17 heavy (non-hydrogen) atoms. The molecule has 6 heteroatoms. The minimum atomic E-state index is -0.745. The van der Waals surface area contributed by atoms with Crippen molar-refractivity contribution in [1.29, 1.82) is 0 Å². The average Bonchev–Trinajstić information content (AvgIpc) is 2.86. The fourth-order valence-electron chi connectivity index (χ4n) is 1.98. The molecular weight excluding hydrogens is 222 g/mol. The molecule has 1 aliphatic heterocycles. The Morgan fingerprint density at radius 1 is 1.59 bits per heavy atom. The van der Waals surface area contributed by atoms with Crippen molar-refractivity contribution in [2.45, 2.75) is 37.8 Å². The fourth-order valence-corrected chi connectivity index (χ4v) is 1.98. The zero-order valence-electron chi connectivity index (χ0n) is 10.5. The van der Waals surface area contributed by atoms with Crippen LogP contribution in [-0.2, 0) is 20.6 Å². The van der Waals surface area contributed by atoms with Crippen molar-refractivity contribution >= 4 is 0 Å². The standard InChI is InChI=1S/C11H19N3O3/c1-10(12,7-15-3)8-13-9(17-14-8)11(2)5-4-6-16-11/h4-7,12H2,1-3H3. The third-order valence-corrected chi connectivity index (χ3v) is 3.05. The molecule has 1 aromatic rings. The highest BCUT2D eigenvalue weighted by atomic mass is 16.5. The molecule has 0 saturated carbocycles. The van der Waals surface area contributed by atoms with Gasteiger partial charge in [0.05, 0.1) is 6.61 Å². The summed E-state index contributed by atoms with van der Waals surface area (Å²) in [5.74, 6) is 0.948. The van der Waals surface area contributed by atoms with Crippen LogP contribution in [0.3, 0.4) is 0 Å². The van der Waals surface area contributed by atoms with E-state index in [1.54, 1.807) is 7.11 Å². The number of nitrogens with zero attached hydrogens (tertiary/aromatic N) is 2. The lowest BCUT2D eigenvalue weighted by Gasteiger charge is -2.19. The highest BCUT2D eigenvalue weighted by Crippen LogP contribution is 2.34. The molecule has 0 amide bonds. The molecule has 0 spiro atoms. The maximum atomic E-state index is 6.05. The van der Waals surface area contributed by atoms with E-state index >= 15 is 0 Å². The maximum Gasteiger partial charge on any atom is 0.258 e. The molecule has 2 unspecified atom stereocenters. The first-order valence-corrected chi connectivity index (χ1v) is 5.74. The lowest BCUT2D eigenvalue weighted by Crippen LogP contribution is -2.39. The molecule has 0 aliphatic carbocycles. The van der Waals surface area contributed by atoms with Gasteiger partial charge in [-0.3, -0.25) is 0 Å². The molecule has 1 saturated heterocycles. The summed E-state index contributed by atoms with van der Waals surface area (Å²) in [4.78, 5) is 4.35. The summed E-state index contributed by atoms with van der Waals surface area (Å²) in [6, 6.07) is 0. The number of hydrogen-bond donors (Lipinski definition) is 1. The normalized spacial score (nSPS) is 28.2. The van der Waals surface area contributed by atoms with E-state index in [0.29, 0.717) is 18.3 Å². The van der Waals surface area contributed by atoms with Crippen LogP contribution in [0.25, 0.3) is 0 Å². The smallest absolute Gasteiger partial charge is 0.258 e. The zero-order chi connectivity index (χ0) is 12.5. The number of hydrogen-bond acceptors (Lipinski definition) is 6. The lowest BCUT2D eigenvalue weighted by atomic mass is 10.0. The Labute approximate surface area is 100 Å². The Kier molecular flexibility index (Phi) is 3.20. The number of methoxy groups -OCH3 is 1. The van der Waals surface area contributed by atoms with Crippen LogP contribution in [0.5, 0.6) is 0 Å². The van der Waals surface area contributed by atoms with Crippen LogP contribution in [0.1, 0.15) is 38.4 Å². The van der Waals surface area contributed by atoms with Crippen molar-refractivity contribution in [2.24, 2.45) is 5.73 Å². The van der Waals surface area contributed by atoms with Gasteiger partial charge in [0.1, 0.15) is 11.1 Å². The molecule has 0 bridgehead atoms. The third kappa shape index (κ3) is 2.34. The molecule has 1 fully saturated rings. The lowest BCUT2D eigenvalue weighted by molar-refractivity contribution is -0.00937. The second-order valence-electron chi connectivity index (χ2n) is 4.96. The minimum Gasteiger partial charge on any atom is -0.382 e. The summed E-state index contributed by atoms with van der Waals surface area (Å²) in [5.41, 5.74) is 4.84. The molecule has 0 radical (unpaired) electrons. The largest absolute Gasteiger partial charge is 0.382 e. The first-order valence-electron chi connectivity index (χ1n) is 5.74. The minimum absolute atomic E-state index is 0.337. The molecule has 2 rings (SSSR count). The van der Waals surface area contributed by atoms with Gasteiger partial charge in [-0.15, -0.1) is 0 Å². The monoisotopic (exact) mass is 241 g/mol. The number of rotatable bonds is 4. The summed E-state index contributed by atoms with van der Waals surface area (Å²) in [6.45, 7) is 4.83. The van der Waals surface area contributed by atoms with Gasteiger partial charge in [-0.1, -0.05) is 5.16 Å². The van der Waals surface area contributed by atoms with Crippen molar-refractivity contribution in [3.63, 3.8) is 0 Å². The molecule has 6 nitrogen and oxygen atoms in total. The van der Waals surface area contributed by atoms with Crippen LogP contribution in [0.2, 0.25) is 0 Å². The highest BCUT2D eigenvalue weighted by Gasteiger charge is 2.39. The quantitative estimate of drug-likeness (QED) is 0.843. The Hall–Kier alpha value is -0.980. The van der Waals surface area contributed by atoms with E-state index in [-0.39, 0.29) is 0 Å². The van der Waals surface area contributed by atoms with Gasteiger partial charge in [0.15, 0.2) is 5.82 Å². The van der Waals surface area contributed by atoms with Crippen molar-refractivity contribution in [2.75, 3.05) is 20.3 Å². The van der Waals surface area contributed by atoms with Gasteiger partial charge in [0.2, 0.25) is 0 Å². The van der Waals surface area contributed by atoms with Gasteiger partial charge >= 0.3 is 0 Å². The van der Waals surface area contributed by atoms with Crippen molar-refractivity contribution in [1.82, 2.24) is 10.1 Å². The Bertz CT molecular complexity index is 383. The average molecular weight is 241 g/mol. The van der Waals surface area contributed by atoms with Crippen LogP contribution in [0.15, 0.2) is 4.52 Å². The summed E-state index contributed by atoms with van der Waals surface area (Å²) < 4.78 is 15.9. The number of ether oxygens (including phenoxy) is 2. The molecule has 96 valence electrons. The van der Waals surface area contributed by atoms with Crippen LogP contribution >= 0.6 is 0 Å². The second-order valence-corrected chi connectivity index (χ2v) is 4.96. The van der Waals surface area contributed by atoms with Crippen LogP contribution in [0.4, 0.5) is 0 Å². The third-order valence-electron chi connectivity index (χ3n) is 3.05. The number of aromatic nitrogens is 2. The molecule has 1 aromatic heterocycles. The van der Waals surface area contributed by atoms with Gasteiger partial charge in [-0.05, 0) is 26.7 Å². The number of nitrogens with two attached hydrogens (primary N) is 1. The molecule has 0 aromatic carbocycles. The second kappa shape index (κ2) is 4.36. The maximum absolute atomic E-state index is 6.05. The van der Waals surface area contributed by atoms with E-state index in [4.69, 9.17) is 19.7 Å². The highest BCUT2D eigenvalue weighted by molar-refractivity contribution is 5.06. The first kappa shape index (κ1) is 12.5. The Morgan fingerprint density at radius 2 is 2.35 bits per heavy atom. The topological polar surface area (TPSA) is 83.4 Å². The van der Waals surface area contributed by atoms with E-state index in [0.717, 1.165) is 19.4 Å². The van der Waals surface area contributed by atoms with Crippen molar-refractivity contribution in [3.8, 4) is 0 Å². The summed E-state index contributed by atoms with van der Waals surface area (Å²) in [7, 11) is 1.59. The molecular formula is C11H19N3O3. The van der Waals surface area contributed by atoms with E-state index in [9.17, 15) is 0 Å². The zero-order valence-corrected chi connectivity index (χ0v) is 10.5. The molecule has 1 aliphatic rings. The van der Waals surface area contributed by atoms with Gasteiger partial charge < -0.3 is 19.7 Å². The summed E-state index contributed by atoms with van der Waals surface area (Å²) >= 11 is 0. The van der Waals surface area contributed by atoms with Crippen LogP contribution < -0.4 is 5.73 Å². The SMILES string of the molecule is COCC(C)(N)c1noc(C2(C)CCCO2)n1. The van der Waals surface area contributed by atoms with Gasteiger partial charge in [-0.25, -0.2) is 0 Å². The fraction of sp³-hybridized carbons (Fsp3) is 0.818. The molecule has 2 atom stereocenters. The van der Waals surface area contributed by atoms with Crippen molar-refractivity contribution < 1.29 is 14.0 Å². The Morgan fingerprint density at radius 3 is 2.94 bits per heavy atom. The van der Waals surface area contributed by atoms with Crippen LogP contribution in [-0.4, -0.2) is 30.5 Å². The molecule has 2 N–H and O–H groups in total. The molecule has 2 heterocycles. The summed E-state index contributed by atoms with van der Waals surface area (Å²) in [6.07, 6.45) is 1.90. The van der Waals surface area contributed by atoms with E-state index in [1.165, 1.54) is 0 Å². The van der Waals surface area contributed by atoms with E-state index in [1.807, 2.05) is 13.8 Å². The van der Waals surface area contributed by atoms with Gasteiger partial charge in [-0.2, -0.15) is 4.98 Å². The Balaban J connectivity index is 2.21. The predicted molar refractivity (Wildman–Crippen MR) is 60.3 cm³/mol. The predicted octanol–water partition coefficient (Wildman–Crippen LogP) is 0.915.